The van der Waals surface area contributed by atoms with Gasteiger partial charge in [-0.3, -0.25) is 9.89 Å². The Kier molecular flexibility index (Phi) is 3.46. The van der Waals surface area contributed by atoms with Gasteiger partial charge < -0.3 is 5.32 Å². The first-order valence-corrected chi connectivity index (χ1v) is 6.24. The number of aryl methyl sites for hydroxylation is 2. The summed E-state index contributed by atoms with van der Waals surface area (Å²) in [6, 6.07) is 7.46. The van der Waals surface area contributed by atoms with Crippen LogP contribution in [0.25, 0.3) is 0 Å². The third kappa shape index (κ3) is 2.66. The highest BCUT2D eigenvalue weighted by Gasteiger charge is 2.11. The highest BCUT2D eigenvalue weighted by molar-refractivity contribution is 14.1. The number of benzene rings is 1. The second-order valence-corrected chi connectivity index (χ2v) is 5.02. The summed E-state index contributed by atoms with van der Waals surface area (Å²) in [5.41, 5.74) is 3.06. The predicted octanol–water partition coefficient (Wildman–Crippen LogP) is 2.88. The Labute approximate surface area is 113 Å². The summed E-state index contributed by atoms with van der Waals surface area (Å²) in [6.45, 7) is 3.73. The van der Waals surface area contributed by atoms with Crippen molar-refractivity contribution in [2.75, 3.05) is 5.32 Å². The normalized spacial score (nSPS) is 10.3. The predicted molar refractivity (Wildman–Crippen MR) is 75.2 cm³/mol. The molecule has 2 rings (SSSR count). The molecule has 0 aliphatic rings. The van der Waals surface area contributed by atoms with Gasteiger partial charge >= 0.3 is 0 Å². The number of nitrogens with one attached hydrogen (secondary N) is 2. The summed E-state index contributed by atoms with van der Waals surface area (Å²) < 4.78 is 1.04. The largest absolute Gasteiger partial charge is 0.319 e. The number of hydrogen-bond acceptors (Lipinski definition) is 2. The van der Waals surface area contributed by atoms with E-state index in [9.17, 15) is 4.79 Å². The third-order valence-corrected chi connectivity index (χ3v) is 3.12. The zero-order valence-corrected chi connectivity index (χ0v) is 11.7. The van der Waals surface area contributed by atoms with Crippen molar-refractivity contribution in [3.8, 4) is 0 Å². The number of aromatic nitrogens is 2. The number of carbonyl (C=O) groups excluding carboxylic acids is 1. The minimum absolute atomic E-state index is 0.115. The smallest absolute Gasteiger partial charge is 0.255 e. The Bertz CT molecular complexity index is 543. The summed E-state index contributed by atoms with van der Waals surface area (Å²) in [7, 11) is 0. The monoisotopic (exact) mass is 341 g/mol. The fourth-order valence-electron chi connectivity index (χ4n) is 1.55. The number of amides is 1. The maximum atomic E-state index is 12.0. The zero-order chi connectivity index (χ0) is 12.4. The van der Waals surface area contributed by atoms with Crippen LogP contribution in [0.2, 0.25) is 0 Å². The van der Waals surface area contributed by atoms with Gasteiger partial charge in [0.15, 0.2) is 0 Å². The van der Waals surface area contributed by atoms with Crippen LogP contribution in [0.4, 0.5) is 5.69 Å². The van der Waals surface area contributed by atoms with Gasteiger partial charge in [-0.05, 0) is 54.6 Å². The van der Waals surface area contributed by atoms with Gasteiger partial charge in [0, 0.05) is 9.13 Å². The van der Waals surface area contributed by atoms with Crippen molar-refractivity contribution < 1.29 is 4.79 Å². The van der Waals surface area contributed by atoms with Gasteiger partial charge in [0.05, 0.1) is 17.1 Å². The summed E-state index contributed by atoms with van der Waals surface area (Å²) in [5, 5.41) is 9.74. The fourth-order valence-corrected chi connectivity index (χ4v) is 2.09. The van der Waals surface area contributed by atoms with Crippen LogP contribution in [0.15, 0.2) is 24.3 Å². The molecular formula is C12H12IN3O. The van der Waals surface area contributed by atoms with Gasteiger partial charge in [0.25, 0.3) is 5.91 Å². The van der Waals surface area contributed by atoms with Crippen molar-refractivity contribution in [2.24, 2.45) is 0 Å². The molecule has 0 unspecified atom stereocenters. The molecule has 0 aliphatic heterocycles. The molecule has 0 fully saturated rings. The summed E-state index contributed by atoms with van der Waals surface area (Å²) in [4.78, 5) is 12.0. The van der Waals surface area contributed by atoms with Gasteiger partial charge in [-0.25, -0.2) is 0 Å². The lowest BCUT2D eigenvalue weighted by atomic mass is 10.2. The molecule has 0 spiro atoms. The Balaban J connectivity index is 2.23. The van der Waals surface area contributed by atoms with Crippen LogP contribution < -0.4 is 5.32 Å². The number of rotatable bonds is 2. The van der Waals surface area contributed by atoms with E-state index in [2.05, 4.69) is 38.1 Å². The zero-order valence-electron chi connectivity index (χ0n) is 9.54. The van der Waals surface area contributed by atoms with Gasteiger partial charge in [-0.2, -0.15) is 5.10 Å². The van der Waals surface area contributed by atoms with E-state index in [-0.39, 0.29) is 5.91 Å². The molecule has 4 nitrogen and oxygen atoms in total. The fraction of sp³-hybridized carbons (Fsp3) is 0.167. The maximum absolute atomic E-state index is 12.0. The topological polar surface area (TPSA) is 57.8 Å². The highest BCUT2D eigenvalue weighted by atomic mass is 127. The standard InChI is InChI=1S/C12H12IN3O/c1-7-11(8(2)16-15-7)14-12(17)9-4-3-5-10(13)6-9/h3-6H,1-2H3,(H,14,17)(H,15,16). The molecule has 2 aromatic rings. The summed E-state index contributed by atoms with van der Waals surface area (Å²) in [5.74, 6) is -0.115. The Morgan fingerprint density at radius 3 is 2.76 bits per heavy atom. The first kappa shape index (κ1) is 12.1. The molecule has 2 N–H and O–H groups in total. The number of halogens is 1. The third-order valence-electron chi connectivity index (χ3n) is 2.45. The molecule has 88 valence electrons. The number of carbonyl (C=O) groups is 1. The van der Waals surface area contributed by atoms with Crippen molar-refractivity contribution >= 4 is 34.2 Å². The lowest BCUT2D eigenvalue weighted by Gasteiger charge is -2.05. The SMILES string of the molecule is Cc1n[nH]c(C)c1NC(=O)c1cccc(I)c1. The molecule has 0 saturated carbocycles. The second-order valence-electron chi connectivity index (χ2n) is 3.77. The molecule has 1 amide bonds. The first-order valence-electron chi connectivity index (χ1n) is 5.16. The Morgan fingerprint density at radius 1 is 1.41 bits per heavy atom. The van der Waals surface area contributed by atoms with E-state index in [4.69, 9.17) is 0 Å². The summed E-state index contributed by atoms with van der Waals surface area (Å²) in [6.07, 6.45) is 0. The van der Waals surface area contributed by atoms with E-state index < -0.39 is 0 Å². The lowest BCUT2D eigenvalue weighted by molar-refractivity contribution is 0.102. The van der Waals surface area contributed by atoms with E-state index in [1.165, 1.54) is 0 Å². The minimum atomic E-state index is -0.115. The average molecular weight is 341 g/mol. The van der Waals surface area contributed by atoms with Crippen LogP contribution in [-0.2, 0) is 0 Å². The quantitative estimate of drug-likeness (QED) is 0.826. The molecule has 0 atom stereocenters. The van der Waals surface area contributed by atoms with Gasteiger partial charge in [0.2, 0.25) is 0 Å². The van der Waals surface area contributed by atoms with E-state index in [1.807, 2.05) is 32.0 Å². The number of H-pyrrole nitrogens is 1. The minimum Gasteiger partial charge on any atom is -0.319 e. The molecule has 0 saturated heterocycles. The number of aromatic amines is 1. The van der Waals surface area contributed by atoms with Crippen LogP contribution >= 0.6 is 22.6 Å². The average Bonchev–Trinajstić information content (AvgIpc) is 2.61. The van der Waals surface area contributed by atoms with Gasteiger partial charge in [0.1, 0.15) is 0 Å². The van der Waals surface area contributed by atoms with Crippen LogP contribution in [0.5, 0.6) is 0 Å². The molecular weight excluding hydrogens is 329 g/mol. The van der Waals surface area contributed by atoms with E-state index >= 15 is 0 Å². The first-order chi connectivity index (χ1) is 8.08. The van der Waals surface area contributed by atoms with Crippen molar-refractivity contribution in [3.05, 3.63) is 44.8 Å². The van der Waals surface area contributed by atoms with Gasteiger partial charge in [-0.15, -0.1) is 0 Å². The van der Waals surface area contributed by atoms with Crippen LogP contribution in [0.3, 0.4) is 0 Å². The molecule has 1 aromatic heterocycles. The van der Waals surface area contributed by atoms with E-state index in [1.54, 1.807) is 6.07 Å². The molecule has 0 bridgehead atoms. The molecule has 5 heteroatoms. The van der Waals surface area contributed by atoms with Crippen molar-refractivity contribution in [2.45, 2.75) is 13.8 Å². The number of hydrogen-bond donors (Lipinski definition) is 2. The van der Waals surface area contributed by atoms with Crippen molar-refractivity contribution in [1.29, 1.82) is 0 Å². The second kappa shape index (κ2) is 4.87. The Morgan fingerprint density at radius 2 is 2.18 bits per heavy atom. The van der Waals surface area contributed by atoms with Gasteiger partial charge in [-0.1, -0.05) is 6.07 Å². The molecule has 17 heavy (non-hydrogen) atoms. The van der Waals surface area contributed by atoms with Crippen molar-refractivity contribution in [1.82, 2.24) is 10.2 Å². The Hall–Kier alpha value is -1.37. The molecule has 1 heterocycles. The number of nitrogens with zero attached hydrogens (tertiary/aromatic N) is 1. The van der Waals surface area contributed by atoms with Crippen LogP contribution in [0, 0.1) is 17.4 Å². The van der Waals surface area contributed by atoms with E-state index in [0.29, 0.717) is 5.56 Å². The van der Waals surface area contributed by atoms with Crippen LogP contribution in [0.1, 0.15) is 21.7 Å². The lowest BCUT2D eigenvalue weighted by Crippen LogP contribution is -2.13. The number of anilines is 1. The molecule has 0 aliphatic carbocycles. The van der Waals surface area contributed by atoms with Crippen molar-refractivity contribution in [3.63, 3.8) is 0 Å². The maximum Gasteiger partial charge on any atom is 0.255 e. The van der Waals surface area contributed by atoms with Crippen LogP contribution in [-0.4, -0.2) is 16.1 Å². The molecule has 1 aromatic carbocycles. The van der Waals surface area contributed by atoms with E-state index in [0.717, 1.165) is 20.6 Å². The summed E-state index contributed by atoms with van der Waals surface area (Å²) >= 11 is 2.18. The highest BCUT2D eigenvalue weighted by Crippen LogP contribution is 2.17. The molecule has 0 radical (unpaired) electrons.